The second-order valence-corrected chi connectivity index (χ2v) is 2.30. The number of aliphatic carboxylic acids is 1. The van der Waals surface area contributed by atoms with Gasteiger partial charge in [-0.25, -0.2) is 4.79 Å². The van der Waals surface area contributed by atoms with Crippen molar-refractivity contribution in [2.45, 2.75) is 6.10 Å². The zero-order valence-corrected chi connectivity index (χ0v) is 6.14. The third-order valence-electron chi connectivity index (χ3n) is 1.47. The van der Waals surface area contributed by atoms with Crippen LogP contribution in [0.15, 0.2) is 24.3 Å². The van der Waals surface area contributed by atoms with E-state index in [1.54, 1.807) is 12.1 Å². The lowest BCUT2D eigenvalue weighted by Crippen LogP contribution is -2.10. The standard InChI is InChI=1S/C8H8O4/c9-6-4-2-1-3-5(6)7(10)8(11)12/h1-4,7,9-10H,(H,11,12)/t7-/m0/s1. The highest BCUT2D eigenvalue weighted by Crippen LogP contribution is 2.23. The van der Waals surface area contributed by atoms with Crippen LogP contribution in [0.25, 0.3) is 0 Å². The van der Waals surface area contributed by atoms with Crippen LogP contribution in [0.1, 0.15) is 11.7 Å². The van der Waals surface area contributed by atoms with Gasteiger partial charge in [-0.3, -0.25) is 0 Å². The van der Waals surface area contributed by atoms with Gasteiger partial charge in [-0.05, 0) is 6.07 Å². The molecule has 4 heteroatoms. The second kappa shape index (κ2) is 3.23. The predicted octanol–water partition coefficient (Wildman–Crippen LogP) is 0.510. The number of phenols is 1. The van der Waals surface area contributed by atoms with Crippen LogP contribution in [-0.2, 0) is 4.79 Å². The summed E-state index contributed by atoms with van der Waals surface area (Å²) in [5, 5.41) is 26.5. The minimum atomic E-state index is -1.66. The van der Waals surface area contributed by atoms with Crippen molar-refractivity contribution in [3.8, 4) is 5.75 Å². The molecule has 1 aromatic carbocycles. The zero-order chi connectivity index (χ0) is 9.14. The molecule has 0 aromatic heterocycles. The van der Waals surface area contributed by atoms with Crippen LogP contribution in [0.3, 0.4) is 0 Å². The van der Waals surface area contributed by atoms with E-state index < -0.39 is 12.1 Å². The molecule has 0 heterocycles. The number of phenolic OH excluding ortho intramolecular Hbond substituents is 1. The van der Waals surface area contributed by atoms with Crippen LogP contribution in [0.4, 0.5) is 0 Å². The van der Waals surface area contributed by atoms with E-state index in [1.807, 2.05) is 0 Å². The van der Waals surface area contributed by atoms with Gasteiger partial charge in [0.05, 0.1) is 0 Å². The van der Waals surface area contributed by atoms with Crippen LogP contribution >= 0.6 is 0 Å². The van der Waals surface area contributed by atoms with E-state index in [4.69, 9.17) is 15.3 Å². The molecule has 1 rings (SSSR count). The van der Waals surface area contributed by atoms with Gasteiger partial charge in [0, 0.05) is 5.56 Å². The van der Waals surface area contributed by atoms with E-state index >= 15 is 0 Å². The molecule has 0 saturated carbocycles. The minimum Gasteiger partial charge on any atom is -0.508 e. The topological polar surface area (TPSA) is 77.8 Å². The molecule has 0 spiro atoms. The first-order valence-corrected chi connectivity index (χ1v) is 3.31. The summed E-state index contributed by atoms with van der Waals surface area (Å²) in [5.41, 5.74) is 0.00463. The number of hydrogen-bond acceptors (Lipinski definition) is 3. The Bertz CT molecular complexity index is 295. The lowest BCUT2D eigenvalue weighted by molar-refractivity contribution is -0.147. The molecule has 3 N–H and O–H groups in total. The minimum absolute atomic E-state index is 0.00463. The molecule has 0 radical (unpaired) electrons. The molecule has 64 valence electrons. The van der Waals surface area contributed by atoms with Crippen molar-refractivity contribution in [1.29, 1.82) is 0 Å². The molecule has 1 atom stereocenters. The van der Waals surface area contributed by atoms with Crippen molar-refractivity contribution in [1.82, 2.24) is 0 Å². The monoisotopic (exact) mass is 168 g/mol. The largest absolute Gasteiger partial charge is 0.508 e. The summed E-state index contributed by atoms with van der Waals surface area (Å²) in [7, 11) is 0. The SMILES string of the molecule is O=C(O)[C@@H](O)c1ccccc1O. The zero-order valence-electron chi connectivity index (χ0n) is 6.14. The lowest BCUT2D eigenvalue weighted by atomic mass is 10.1. The Morgan fingerprint density at radius 3 is 2.42 bits per heavy atom. The van der Waals surface area contributed by atoms with Gasteiger partial charge in [-0.15, -0.1) is 0 Å². The van der Waals surface area contributed by atoms with E-state index in [9.17, 15) is 4.79 Å². The Balaban J connectivity index is 3.02. The number of carboxylic acid groups (broad SMARTS) is 1. The van der Waals surface area contributed by atoms with Gasteiger partial charge in [-0.2, -0.15) is 0 Å². The van der Waals surface area contributed by atoms with E-state index in [-0.39, 0.29) is 11.3 Å². The van der Waals surface area contributed by atoms with Crippen molar-refractivity contribution in [3.63, 3.8) is 0 Å². The highest BCUT2D eigenvalue weighted by atomic mass is 16.4. The number of carbonyl (C=O) groups is 1. The summed E-state index contributed by atoms with van der Waals surface area (Å²) in [6.45, 7) is 0. The normalized spacial score (nSPS) is 12.4. The highest BCUT2D eigenvalue weighted by molar-refractivity contribution is 5.75. The van der Waals surface area contributed by atoms with Gasteiger partial charge in [-0.1, -0.05) is 18.2 Å². The molecular formula is C8H8O4. The van der Waals surface area contributed by atoms with Crippen molar-refractivity contribution >= 4 is 5.97 Å². The van der Waals surface area contributed by atoms with Crippen LogP contribution < -0.4 is 0 Å². The predicted molar refractivity (Wildman–Crippen MR) is 40.7 cm³/mol. The molecule has 0 amide bonds. The smallest absolute Gasteiger partial charge is 0.337 e. The number of para-hydroxylation sites is 1. The molecule has 0 aliphatic heterocycles. The first kappa shape index (κ1) is 8.55. The summed E-state index contributed by atoms with van der Waals surface area (Å²) >= 11 is 0. The Labute approximate surface area is 68.7 Å². The molecule has 12 heavy (non-hydrogen) atoms. The number of carboxylic acids is 1. The van der Waals surface area contributed by atoms with Gasteiger partial charge >= 0.3 is 5.97 Å². The van der Waals surface area contributed by atoms with Crippen LogP contribution in [0, 0.1) is 0 Å². The molecule has 0 bridgehead atoms. The van der Waals surface area contributed by atoms with Gasteiger partial charge in [0.2, 0.25) is 0 Å². The van der Waals surface area contributed by atoms with E-state index in [0.717, 1.165) is 0 Å². The Kier molecular flexibility index (Phi) is 2.30. The molecule has 0 saturated heterocycles. The molecule has 1 aromatic rings. The third-order valence-corrected chi connectivity index (χ3v) is 1.47. The lowest BCUT2D eigenvalue weighted by Gasteiger charge is -2.06. The highest BCUT2D eigenvalue weighted by Gasteiger charge is 2.18. The summed E-state index contributed by atoms with van der Waals surface area (Å²) in [6, 6.07) is 5.77. The molecule has 4 nitrogen and oxygen atoms in total. The second-order valence-electron chi connectivity index (χ2n) is 2.30. The van der Waals surface area contributed by atoms with Crippen LogP contribution in [0.5, 0.6) is 5.75 Å². The quantitative estimate of drug-likeness (QED) is 0.601. The summed E-state index contributed by atoms with van der Waals surface area (Å²) in [4.78, 5) is 10.3. The van der Waals surface area contributed by atoms with Crippen molar-refractivity contribution in [2.24, 2.45) is 0 Å². The maximum Gasteiger partial charge on any atom is 0.337 e. The van der Waals surface area contributed by atoms with E-state index in [2.05, 4.69) is 0 Å². The molecule has 0 fully saturated rings. The maximum atomic E-state index is 10.3. The number of hydrogen-bond donors (Lipinski definition) is 3. The number of aliphatic hydroxyl groups is 1. The maximum absolute atomic E-state index is 10.3. The molecule has 0 aliphatic rings. The first-order chi connectivity index (χ1) is 5.63. The average Bonchev–Trinajstić information content (AvgIpc) is 2.04. The van der Waals surface area contributed by atoms with E-state index in [1.165, 1.54) is 12.1 Å². The summed E-state index contributed by atoms with van der Waals surface area (Å²) in [5.74, 6) is -1.59. The Morgan fingerprint density at radius 1 is 1.33 bits per heavy atom. The average molecular weight is 168 g/mol. The van der Waals surface area contributed by atoms with E-state index in [0.29, 0.717) is 0 Å². The Hall–Kier alpha value is -1.55. The van der Waals surface area contributed by atoms with Crippen molar-refractivity contribution < 1.29 is 20.1 Å². The molecule has 0 unspecified atom stereocenters. The fourth-order valence-electron chi connectivity index (χ4n) is 0.852. The fourth-order valence-corrected chi connectivity index (χ4v) is 0.852. The van der Waals surface area contributed by atoms with Crippen LogP contribution in [0.2, 0.25) is 0 Å². The number of rotatable bonds is 2. The first-order valence-electron chi connectivity index (χ1n) is 3.31. The third kappa shape index (κ3) is 1.54. The van der Waals surface area contributed by atoms with Crippen molar-refractivity contribution in [3.05, 3.63) is 29.8 Å². The van der Waals surface area contributed by atoms with Gasteiger partial charge < -0.3 is 15.3 Å². The van der Waals surface area contributed by atoms with Gasteiger partial charge in [0.25, 0.3) is 0 Å². The number of benzene rings is 1. The molecular weight excluding hydrogens is 160 g/mol. The molecule has 0 aliphatic carbocycles. The number of aliphatic hydroxyl groups excluding tert-OH is 1. The van der Waals surface area contributed by atoms with Crippen molar-refractivity contribution in [2.75, 3.05) is 0 Å². The van der Waals surface area contributed by atoms with Crippen LogP contribution in [-0.4, -0.2) is 21.3 Å². The number of aromatic hydroxyl groups is 1. The van der Waals surface area contributed by atoms with Gasteiger partial charge in [0.1, 0.15) is 5.75 Å². The fraction of sp³-hybridized carbons (Fsp3) is 0.125. The van der Waals surface area contributed by atoms with Gasteiger partial charge in [0.15, 0.2) is 6.10 Å². The summed E-state index contributed by atoms with van der Waals surface area (Å²) in [6.07, 6.45) is -1.66. The summed E-state index contributed by atoms with van der Waals surface area (Å²) < 4.78 is 0. The Morgan fingerprint density at radius 2 is 1.92 bits per heavy atom.